The highest BCUT2D eigenvalue weighted by Gasteiger charge is 2.11. The Labute approximate surface area is 119 Å². The monoisotopic (exact) mass is 275 g/mol. The summed E-state index contributed by atoms with van der Waals surface area (Å²) >= 11 is 1.78. The molecule has 3 nitrogen and oxygen atoms in total. The van der Waals surface area contributed by atoms with Gasteiger partial charge in [0.2, 0.25) is 0 Å². The van der Waals surface area contributed by atoms with Gasteiger partial charge in [-0.05, 0) is 24.6 Å². The Hall–Kier alpha value is -1.26. The highest BCUT2D eigenvalue weighted by atomic mass is 32.2. The first-order valence-corrected chi connectivity index (χ1v) is 7.59. The van der Waals surface area contributed by atoms with Gasteiger partial charge in [-0.15, -0.1) is 0 Å². The van der Waals surface area contributed by atoms with E-state index in [0.717, 1.165) is 17.3 Å². The molecular weight excluding hydrogens is 254 g/mol. The van der Waals surface area contributed by atoms with Crippen molar-refractivity contribution in [1.82, 2.24) is 14.9 Å². The summed E-state index contributed by atoms with van der Waals surface area (Å²) in [6.45, 7) is 2.18. The molecule has 0 aliphatic rings. The zero-order valence-corrected chi connectivity index (χ0v) is 12.6. The SMILES string of the molecule is CCc1ccc(C(CSc2nccn2C)NC)cc1. The van der Waals surface area contributed by atoms with Gasteiger partial charge >= 0.3 is 0 Å². The second-order valence-corrected chi connectivity index (χ2v) is 5.56. The van der Waals surface area contributed by atoms with Crippen LogP contribution in [-0.2, 0) is 13.5 Å². The number of thioether (sulfide) groups is 1. The van der Waals surface area contributed by atoms with Gasteiger partial charge in [0, 0.05) is 31.2 Å². The molecule has 0 saturated heterocycles. The Balaban J connectivity index is 2.01. The standard InChI is InChI=1S/C15H21N3S/c1-4-12-5-7-13(8-6-12)14(16-2)11-19-15-17-9-10-18(15)3/h5-10,14,16H,4,11H2,1-3H3. The lowest BCUT2D eigenvalue weighted by Crippen LogP contribution is -2.18. The molecule has 0 bridgehead atoms. The Morgan fingerprint density at radius 2 is 2.05 bits per heavy atom. The maximum Gasteiger partial charge on any atom is 0.167 e. The highest BCUT2D eigenvalue weighted by molar-refractivity contribution is 7.99. The van der Waals surface area contributed by atoms with Gasteiger partial charge in [-0.2, -0.15) is 0 Å². The minimum Gasteiger partial charge on any atom is -0.329 e. The molecule has 0 amide bonds. The van der Waals surface area contributed by atoms with Crippen LogP contribution in [0.5, 0.6) is 0 Å². The molecule has 0 aliphatic heterocycles. The van der Waals surface area contributed by atoms with E-state index >= 15 is 0 Å². The molecule has 2 rings (SSSR count). The highest BCUT2D eigenvalue weighted by Crippen LogP contribution is 2.23. The molecule has 1 N–H and O–H groups in total. The molecule has 1 unspecified atom stereocenters. The first-order valence-electron chi connectivity index (χ1n) is 6.60. The van der Waals surface area contributed by atoms with Gasteiger partial charge < -0.3 is 9.88 Å². The van der Waals surface area contributed by atoms with Crippen LogP contribution in [0.25, 0.3) is 0 Å². The first-order chi connectivity index (χ1) is 9.24. The fourth-order valence-corrected chi connectivity index (χ4v) is 3.06. The summed E-state index contributed by atoms with van der Waals surface area (Å²) in [7, 11) is 4.04. The molecule has 0 saturated carbocycles. The number of rotatable bonds is 6. The van der Waals surface area contributed by atoms with Crippen molar-refractivity contribution in [3.63, 3.8) is 0 Å². The minimum atomic E-state index is 0.354. The molecule has 1 aromatic heterocycles. The number of aromatic nitrogens is 2. The van der Waals surface area contributed by atoms with Crippen molar-refractivity contribution in [2.75, 3.05) is 12.8 Å². The van der Waals surface area contributed by atoms with Gasteiger partial charge in [0.05, 0.1) is 0 Å². The topological polar surface area (TPSA) is 29.9 Å². The van der Waals surface area contributed by atoms with Crippen LogP contribution in [0.4, 0.5) is 0 Å². The molecule has 0 radical (unpaired) electrons. The van der Waals surface area contributed by atoms with Gasteiger partial charge in [-0.25, -0.2) is 4.98 Å². The molecular formula is C15H21N3S. The van der Waals surface area contributed by atoms with Crippen LogP contribution in [-0.4, -0.2) is 22.4 Å². The van der Waals surface area contributed by atoms with E-state index in [1.165, 1.54) is 11.1 Å². The molecule has 19 heavy (non-hydrogen) atoms. The maximum absolute atomic E-state index is 4.34. The lowest BCUT2D eigenvalue weighted by atomic mass is 10.1. The summed E-state index contributed by atoms with van der Waals surface area (Å²) in [5, 5.41) is 4.44. The van der Waals surface area contributed by atoms with Crippen LogP contribution in [0.1, 0.15) is 24.1 Å². The number of aryl methyl sites for hydroxylation is 2. The van der Waals surface area contributed by atoms with Gasteiger partial charge in [0.25, 0.3) is 0 Å². The molecule has 0 aliphatic carbocycles. The van der Waals surface area contributed by atoms with Crippen LogP contribution in [0.2, 0.25) is 0 Å². The molecule has 4 heteroatoms. The van der Waals surface area contributed by atoms with E-state index in [2.05, 4.69) is 46.1 Å². The van der Waals surface area contributed by atoms with Crippen molar-refractivity contribution < 1.29 is 0 Å². The third-order valence-electron chi connectivity index (χ3n) is 3.29. The Kier molecular flexibility index (Phi) is 5.05. The quantitative estimate of drug-likeness (QED) is 0.822. The third-order valence-corrected chi connectivity index (χ3v) is 4.45. The van der Waals surface area contributed by atoms with E-state index in [0.29, 0.717) is 6.04 Å². The van der Waals surface area contributed by atoms with Crippen LogP contribution in [0.3, 0.4) is 0 Å². The van der Waals surface area contributed by atoms with Crippen LogP contribution in [0, 0.1) is 0 Å². The van der Waals surface area contributed by atoms with Crippen molar-refractivity contribution in [2.24, 2.45) is 7.05 Å². The zero-order valence-electron chi connectivity index (χ0n) is 11.8. The zero-order chi connectivity index (χ0) is 13.7. The van der Waals surface area contributed by atoms with E-state index < -0.39 is 0 Å². The second kappa shape index (κ2) is 6.78. The van der Waals surface area contributed by atoms with Crippen molar-refractivity contribution in [3.05, 3.63) is 47.8 Å². The predicted octanol–water partition coefficient (Wildman–Crippen LogP) is 3.04. The summed E-state index contributed by atoms with van der Waals surface area (Å²) in [4.78, 5) is 4.34. The number of nitrogens with one attached hydrogen (secondary N) is 1. The van der Waals surface area contributed by atoms with Gasteiger partial charge in [0.15, 0.2) is 5.16 Å². The fraction of sp³-hybridized carbons (Fsp3) is 0.400. The first kappa shape index (κ1) is 14.2. The molecule has 1 heterocycles. The van der Waals surface area contributed by atoms with Crippen molar-refractivity contribution >= 4 is 11.8 Å². The Morgan fingerprint density at radius 3 is 2.58 bits per heavy atom. The molecule has 0 spiro atoms. The molecule has 2 aromatic rings. The van der Waals surface area contributed by atoms with E-state index in [1.807, 2.05) is 26.5 Å². The van der Waals surface area contributed by atoms with Crippen molar-refractivity contribution in [2.45, 2.75) is 24.5 Å². The smallest absolute Gasteiger partial charge is 0.167 e. The lowest BCUT2D eigenvalue weighted by Gasteiger charge is -2.16. The normalized spacial score (nSPS) is 12.6. The van der Waals surface area contributed by atoms with Crippen LogP contribution < -0.4 is 5.32 Å². The van der Waals surface area contributed by atoms with E-state index in [4.69, 9.17) is 0 Å². The lowest BCUT2D eigenvalue weighted by molar-refractivity contribution is 0.659. The van der Waals surface area contributed by atoms with E-state index in [1.54, 1.807) is 11.8 Å². The maximum atomic E-state index is 4.34. The van der Waals surface area contributed by atoms with Gasteiger partial charge in [0.1, 0.15) is 0 Å². The summed E-state index contributed by atoms with van der Waals surface area (Å²) in [5.41, 5.74) is 2.72. The predicted molar refractivity (Wildman–Crippen MR) is 81.6 cm³/mol. The van der Waals surface area contributed by atoms with Crippen molar-refractivity contribution in [3.8, 4) is 0 Å². The van der Waals surface area contributed by atoms with E-state index in [-0.39, 0.29) is 0 Å². The second-order valence-electron chi connectivity index (χ2n) is 4.57. The minimum absolute atomic E-state index is 0.354. The van der Waals surface area contributed by atoms with E-state index in [9.17, 15) is 0 Å². The largest absolute Gasteiger partial charge is 0.329 e. The number of hydrogen-bond donors (Lipinski definition) is 1. The van der Waals surface area contributed by atoms with Crippen molar-refractivity contribution in [1.29, 1.82) is 0 Å². The average Bonchev–Trinajstić information content (AvgIpc) is 2.86. The fourth-order valence-electron chi connectivity index (χ4n) is 1.98. The van der Waals surface area contributed by atoms with Crippen LogP contribution >= 0.6 is 11.8 Å². The molecule has 1 aromatic carbocycles. The number of nitrogens with zero attached hydrogens (tertiary/aromatic N) is 2. The van der Waals surface area contributed by atoms with Gasteiger partial charge in [-0.1, -0.05) is 43.0 Å². The summed E-state index contributed by atoms with van der Waals surface area (Å²) in [5.74, 6) is 0.979. The Morgan fingerprint density at radius 1 is 1.32 bits per heavy atom. The van der Waals surface area contributed by atoms with Crippen LogP contribution in [0.15, 0.2) is 41.8 Å². The molecule has 1 atom stereocenters. The number of benzene rings is 1. The third kappa shape index (κ3) is 3.61. The Bertz CT molecular complexity index is 504. The number of imidazole rings is 1. The summed E-state index contributed by atoms with van der Waals surface area (Å²) in [6.07, 6.45) is 4.91. The average molecular weight is 275 g/mol. The summed E-state index contributed by atoms with van der Waals surface area (Å²) in [6, 6.07) is 9.22. The molecule has 102 valence electrons. The summed E-state index contributed by atoms with van der Waals surface area (Å²) < 4.78 is 2.05. The molecule has 0 fully saturated rings. The number of hydrogen-bond acceptors (Lipinski definition) is 3. The van der Waals surface area contributed by atoms with Gasteiger partial charge in [-0.3, -0.25) is 0 Å².